The Kier molecular flexibility index (Phi) is 10.0. The highest BCUT2D eigenvalue weighted by atomic mass is 32.1. The van der Waals surface area contributed by atoms with Gasteiger partial charge in [0, 0.05) is 18.7 Å². The minimum atomic E-state index is -1.53. The lowest BCUT2D eigenvalue weighted by atomic mass is 10.1. The molecule has 0 saturated carbocycles. The number of thiol groups is 1. The number of rotatable bonds is 11. The molecule has 1 saturated heterocycles. The average molecular weight is 448 g/mol. The van der Waals surface area contributed by atoms with E-state index in [9.17, 15) is 29.1 Å². The first-order valence-corrected chi connectivity index (χ1v) is 10.0. The number of hydrogen-bond donors (Lipinski definition) is 7. The van der Waals surface area contributed by atoms with Gasteiger partial charge >= 0.3 is 11.9 Å². The summed E-state index contributed by atoms with van der Waals surface area (Å²) in [7, 11) is 0. The largest absolute Gasteiger partial charge is 0.481 e. The van der Waals surface area contributed by atoms with E-state index in [1.807, 2.05) is 0 Å². The maximum Gasteiger partial charge on any atom is 0.328 e. The number of aliphatic hydroxyl groups excluding tert-OH is 1. The Morgan fingerprint density at radius 3 is 2.33 bits per heavy atom. The van der Waals surface area contributed by atoms with Crippen LogP contribution in [0.4, 0.5) is 0 Å². The maximum absolute atomic E-state index is 12.9. The molecule has 3 amide bonds. The molecule has 1 heterocycles. The summed E-state index contributed by atoms with van der Waals surface area (Å²) in [6.07, 6.45) is -0.985. The Hall–Kier alpha value is -2.38. The molecule has 5 unspecified atom stereocenters. The zero-order valence-electron chi connectivity index (χ0n) is 16.5. The Morgan fingerprint density at radius 1 is 1.20 bits per heavy atom. The third kappa shape index (κ3) is 7.15. The van der Waals surface area contributed by atoms with Gasteiger partial charge < -0.3 is 36.6 Å². The van der Waals surface area contributed by atoms with Crippen LogP contribution in [0.2, 0.25) is 0 Å². The molecule has 30 heavy (non-hydrogen) atoms. The predicted octanol–water partition coefficient (Wildman–Crippen LogP) is -2.47. The van der Waals surface area contributed by atoms with Crippen LogP contribution in [0.15, 0.2) is 0 Å². The number of hydrogen-bond acceptors (Lipinski definition) is 8. The lowest BCUT2D eigenvalue weighted by Crippen LogP contribution is -2.58. The van der Waals surface area contributed by atoms with Crippen molar-refractivity contribution in [1.29, 1.82) is 0 Å². The quantitative estimate of drug-likeness (QED) is 0.167. The van der Waals surface area contributed by atoms with E-state index in [-0.39, 0.29) is 31.6 Å². The smallest absolute Gasteiger partial charge is 0.328 e. The van der Waals surface area contributed by atoms with Crippen LogP contribution in [0.3, 0.4) is 0 Å². The molecular formula is C17H28N4O8S. The number of nitrogens with two attached hydrogens (primary N) is 1. The van der Waals surface area contributed by atoms with Crippen molar-refractivity contribution in [2.75, 3.05) is 12.3 Å². The molecule has 0 aromatic rings. The van der Waals surface area contributed by atoms with Crippen LogP contribution >= 0.6 is 12.6 Å². The first-order valence-electron chi connectivity index (χ1n) is 9.39. The minimum Gasteiger partial charge on any atom is -0.481 e. The SMILES string of the molecule is CC(O)C(NC(=O)C1CCCN1C(=O)C(CS)NC(=O)C(N)CCC(=O)O)C(=O)O. The summed E-state index contributed by atoms with van der Waals surface area (Å²) >= 11 is 4.06. The van der Waals surface area contributed by atoms with Gasteiger partial charge in [-0.1, -0.05) is 0 Å². The van der Waals surface area contributed by atoms with Gasteiger partial charge in [-0.25, -0.2) is 4.79 Å². The van der Waals surface area contributed by atoms with Crippen molar-refractivity contribution in [3.05, 3.63) is 0 Å². The molecule has 0 aromatic heterocycles. The molecule has 1 fully saturated rings. The number of carbonyl (C=O) groups excluding carboxylic acids is 3. The molecule has 0 bridgehead atoms. The summed E-state index contributed by atoms with van der Waals surface area (Å²) in [5.41, 5.74) is 5.64. The fourth-order valence-electron chi connectivity index (χ4n) is 3.02. The van der Waals surface area contributed by atoms with E-state index in [1.165, 1.54) is 11.8 Å². The molecule has 1 rings (SSSR count). The molecular weight excluding hydrogens is 420 g/mol. The van der Waals surface area contributed by atoms with Gasteiger partial charge in [-0.2, -0.15) is 12.6 Å². The Balaban J connectivity index is 2.80. The number of carbonyl (C=O) groups is 5. The van der Waals surface area contributed by atoms with Gasteiger partial charge in [-0.15, -0.1) is 0 Å². The van der Waals surface area contributed by atoms with Crippen LogP contribution in [0, 0.1) is 0 Å². The van der Waals surface area contributed by atoms with Crippen molar-refractivity contribution >= 4 is 42.3 Å². The Bertz CT molecular complexity index is 674. The molecule has 0 aromatic carbocycles. The van der Waals surface area contributed by atoms with Gasteiger partial charge in [0.15, 0.2) is 6.04 Å². The van der Waals surface area contributed by atoms with Crippen molar-refractivity contribution in [3.63, 3.8) is 0 Å². The lowest BCUT2D eigenvalue weighted by molar-refractivity contribution is -0.147. The van der Waals surface area contributed by atoms with Crippen LogP contribution in [0.25, 0.3) is 0 Å². The fourth-order valence-corrected chi connectivity index (χ4v) is 3.26. The van der Waals surface area contributed by atoms with Gasteiger partial charge in [0.2, 0.25) is 17.7 Å². The number of carboxylic acids is 2. The second-order valence-corrected chi connectivity index (χ2v) is 7.40. The van der Waals surface area contributed by atoms with Gasteiger partial charge in [-0.3, -0.25) is 19.2 Å². The number of nitrogens with zero attached hydrogens (tertiary/aromatic N) is 1. The zero-order valence-corrected chi connectivity index (χ0v) is 17.4. The number of aliphatic carboxylic acids is 2. The summed E-state index contributed by atoms with van der Waals surface area (Å²) in [5.74, 6) is -4.65. The summed E-state index contributed by atoms with van der Waals surface area (Å²) in [6, 6.07) is -4.71. The number of carboxylic acid groups (broad SMARTS) is 2. The summed E-state index contributed by atoms with van der Waals surface area (Å²) in [4.78, 5) is 60.5. The minimum absolute atomic E-state index is 0.0908. The molecule has 0 spiro atoms. The van der Waals surface area contributed by atoms with E-state index in [0.717, 1.165) is 0 Å². The van der Waals surface area contributed by atoms with Gasteiger partial charge in [0.05, 0.1) is 12.1 Å². The molecule has 1 aliphatic rings. The van der Waals surface area contributed by atoms with Crippen LogP contribution in [0.5, 0.6) is 0 Å². The first-order chi connectivity index (χ1) is 14.0. The maximum atomic E-state index is 12.9. The molecule has 0 aliphatic carbocycles. The summed E-state index contributed by atoms with van der Waals surface area (Å²) in [5, 5.41) is 31.9. The van der Waals surface area contributed by atoms with E-state index in [2.05, 4.69) is 23.3 Å². The molecule has 0 radical (unpaired) electrons. The predicted molar refractivity (Wildman–Crippen MR) is 107 cm³/mol. The number of likely N-dealkylation sites (tertiary alicyclic amines) is 1. The number of aliphatic hydroxyl groups is 1. The van der Waals surface area contributed by atoms with Crippen molar-refractivity contribution < 1.29 is 39.3 Å². The zero-order chi connectivity index (χ0) is 23.0. The van der Waals surface area contributed by atoms with E-state index in [0.29, 0.717) is 6.42 Å². The Morgan fingerprint density at radius 2 is 1.83 bits per heavy atom. The molecule has 170 valence electrons. The van der Waals surface area contributed by atoms with Crippen LogP contribution in [-0.4, -0.2) is 92.4 Å². The van der Waals surface area contributed by atoms with Gasteiger partial charge in [-0.05, 0) is 26.2 Å². The van der Waals surface area contributed by atoms with E-state index < -0.39 is 59.9 Å². The average Bonchev–Trinajstić information content (AvgIpc) is 3.16. The lowest BCUT2D eigenvalue weighted by Gasteiger charge is -2.29. The van der Waals surface area contributed by atoms with Crippen molar-refractivity contribution in [3.8, 4) is 0 Å². The topological polar surface area (TPSA) is 199 Å². The normalized spacial score (nSPS) is 20.0. The van der Waals surface area contributed by atoms with Crippen molar-refractivity contribution in [2.24, 2.45) is 5.73 Å². The highest BCUT2D eigenvalue weighted by Gasteiger charge is 2.39. The Labute approximate surface area is 178 Å². The van der Waals surface area contributed by atoms with Gasteiger partial charge in [0.1, 0.15) is 12.1 Å². The number of nitrogens with one attached hydrogen (secondary N) is 2. The van der Waals surface area contributed by atoms with Crippen LogP contribution in [0.1, 0.15) is 32.6 Å². The summed E-state index contributed by atoms with van der Waals surface area (Å²) < 4.78 is 0. The molecule has 7 N–H and O–H groups in total. The van der Waals surface area contributed by atoms with Crippen LogP contribution < -0.4 is 16.4 Å². The third-order valence-electron chi connectivity index (χ3n) is 4.69. The monoisotopic (exact) mass is 448 g/mol. The van der Waals surface area contributed by atoms with Crippen molar-refractivity contribution in [1.82, 2.24) is 15.5 Å². The van der Waals surface area contributed by atoms with Crippen LogP contribution in [-0.2, 0) is 24.0 Å². The van der Waals surface area contributed by atoms with E-state index >= 15 is 0 Å². The van der Waals surface area contributed by atoms with Gasteiger partial charge in [0.25, 0.3) is 0 Å². The highest BCUT2D eigenvalue weighted by Crippen LogP contribution is 2.19. The molecule has 12 nitrogen and oxygen atoms in total. The van der Waals surface area contributed by atoms with Crippen molar-refractivity contribution in [2.45, 2.75) is 62.9 Å². The highest BCUT2D eigenvalue weighted by molar-refractivity contribution is 7.80. The first kappa shape index (κ1) is 25.7. The van der Waals surface area contributed by atoms with E-state index in [4.69, 9.17) is 15.9 Å². The summed E-state index contributed by atoms with van der Waals surface area (Å²) in [6.45, 7) is 1.44. The van der Waals surface area contributed by atoms with E-state index in [1.54, 1.807) is 0 Å². The molecule has 5 atom stereocenters. The fraction of sp³-hybridized carbons (Fsp3) is 0.706. The second-order valence-electron chi connectivity index (χ2n) is 7.04. The second kappa shape index (κ2) is 11.7. The third-order valence-corrected chi connectivity index (χ3v) is 5.05. The molecule has 13 heteroatoms. The molecule has 1 aliphatic heterocycles. The standard InChI is InChI=1S/C17H28N4O8S/c1-8(22)13(17(28)29)20-15(26)11-3-2-6-21(11)16(27)10(7-30)19-14(25)9(18)4-5-12(23)24/h8-11,13,22,30H,2-7,18H2,1H3,(H,19,25)(H,20,26)(H,23,24)(H,28,29). The number of amides is 3.